The van der Waals surface area contributed by atoms with Gasteiger partial charge in [0.1, 0.15) is 0 Å². The third kappa shape index (κ3) is 8.17. The highest BCUT2D eigenvalue weighted by atomic mass is 16.7. The number of urea groups is 1. The molecule has 218 valence electrons. The molecular weight excluding hydrogens is 514 g/mol. The second kappa shape index (κ2) is 14.6. The van der Waals surface area contributed by atoms with Gasteiger partial charge in [0.25, 0.3) is 0 Å². The van der Waals surface area contributed by atoms with E-state index < -0.39 is 6.29 Å². The van der Waals surface area contributed by atoms with Crippen LogP contribution in [-0.4, -0.2) is 41.8 Å². The van der Waals surface area contributed by atoms with Gasteiger partial charge in [-0.15, -0.1) is 0 Å². The molecule has 2 fully saturated rings. The van der Waals surface area contributed by atoms with Crippen LogP contribution < -0.4 is 10.6 Å². The Balaban J connectivity index is 1.31. The van der Waals surface area contributed by atoms with Crippen LogP contribution in [-0.2, 0) is 22.6 Å². The highest BCUT2D eigenvalue weighted by Crippen LogP contribution is 2.42. The molecule has 3 aromatic rings. The van der Waals surface area contributed by atoms with E-state index in [1.54, 1.807) is 0 Å². The van der Waals surface area contributed by atoms with E-state index in [1.165, 1.54) is 32.1 Å². The van der Waals surface area contributed by atoms with Crippen molar-refractivity contribution >= 4 is 11.7 Å². The predicted molar refractivity (Wildman–Crippen MR) is 161 cm³/mol. The van der Waals surface area contributed by atoms with Crippen molar-refractivity contribution in [1.29, 1.82) is 0 Å². The van der Waals surface area contributed by atoms with Crippen LogP contribution in [0.15, 0.2) is 78.9 Å². The van der Waals surface area contributed by atoms with Crippen LogP contribution in [0.3, 0.4) is 0 Å². The quantitative estimate of drug-likeness (QED) is 0.292. The van der Waals surface area contributed by atoms with Gasteiger partial charge >= 0.3 is 6.03 Å². The van der Waals surface area contributed by atoms with Crippen LogP contribution in [0, 0.1) is 5.92 Å². The molecule has 2 aliphatic heterocycles. The summed E-state index contributed by atoms with van der Waals surface area (Å²) in [6, 6.07) is 25.3. The standard InChI is InChI=1S/C34H43N3O4/c1-25-31(23-37-19-8-3-2-4-9-20-37)40-33(41-32(25)28-17-15-27(24-38)16-18-28)29-13-10-14-30(21-29)36-34(39)35-22-26-11-6-5-7-12-26/h5-7,10-18,21,25,31-33,38H,2-4,8-9,19-20,22-24H2,1H3,(H2,35,36,39). The SMILES string of the molecule is CC1C(CN2CCCCCCC2)OC(c2cccc(NC(=O)NCc3ccccc3)c2)OC1c1ccc(CO)cc1. The van der Waals surface area contributed by atoms with Crippen LogP contribution in [0.1, 0.15) is 73.7 Å². The summed E-state index contributed by atoms with van der Waals surface area (Å²) >= 11 is 0. The number of carbonyl (C=O) groups excluding carboxylic acids is 1. The van der Waals surface area contributed by atoms with Gasteiger partial charge in [0, 0.05) is 30.3 Å². The van der Waals surface area contributed by atoms with Gasteiger partial charge in [0.05, 0.1) is 18.8 Å². The number of anilines is 1. The lowest BCUT2D eigenvalue weighted by molar-refractivity contribution is -0.276. The summed E-state index contributed by atoms with van der Waals surface area (Å²) in [5.74, 6) is 0.140. The zero-order valence-electron chi connectivity index (χ0n) is 24.0. The summed E-state index contributed by atoms with van der Waals surface area (Å²) in [7, 11) is 0. The molecule has 2 amide bonds. The summed E-state index contributed by atoms with van der Waals surface area (Å²) in [5, 5.41) is 15.4. The Hall–Kier alpha value is -3.23. The molecule has 0 aromatic heterocycles. The number of carbonyl (C=O) groups is 1. The monoisotopic (exact) mass is 557 g/mol. The molecule has 0 saturated carbocycles. The zero-order valence-corrected chi connectivity index (χ0v) is 24.0. The molecule has 3 N–H and O–H groups in total. The maximum absolute atomic E-state index is 12.6. The number of aliphatic hydroxyl groups excluding tert-OH is 1. The molecule has 7 nitrogen and oxygen atoms in total. The number of ether oxygens (including phenoxy) is 2. The topological polar surface area (TPSA) is 83.1 Å². The summed E-state index contributed by atoms with van der Waals surface area (Å²) < 4.78 is 13.3. The number of nitrogens with one attached hydrogen (secondary N) is 2. The Kier molecular flexibility index (Phi) is 10.4. The zero-order chi connectivity index (χ0) is 28.4. The number of benzene rings is 3. The van der Waals surface area contributed by atoms with E-state index in [4.69, 9.17) is 9.47 Å². The summed E-state index contributed by atoms with van der Waals surface area (Å²) in [5.41, 5.74) is 4.55. The Morgan fingerprint density at radius 3 is 2.32 bits per heavy atom. The summed E-state index contributed by atoms with van der Waals surface area (Å²) in [4.78, 5) is 15.2. The van der Waals surface area contributed by atoms with E-state index in [0.29, 0.717) is 12.2 Å². The van der Waals surface area contributed by atoms with Crippen LogP contribution >= 0.6 is 0 Å². The number of hydrogen-bond donors (Lipinski definition) is 3. The normalized spacial score (nSPS) is 23.8. The van der Waals surface area contributed by atoms with E-state index in [9.17, 15) is 9.90 Å². The van der Waals surface area contributed by atoms with Gasteiger partial charge in [-0.3, -0.25) is 0 Å². The van der Waals surface area contributed by atoms with Crippen molar-refractivity contribution in [2.45, 2.75) is 70.7 Å². The van der Waals surface area contributed by atoms with Crippen molar-refractivity contribution in [3.05, 3.63) is 101 Å². The molecule has 0 aliphatic carbocycles. The summed E-state index contributed by atoms with van der Waals surface area (Å²) in [6.07, 6.45) is 5.64. The number of amides is 2. The fourth-order valence-corrected chi connectivity index (χ4v) is 5.79. The molecule has 2 aliphatic rings. The molecule has 2 heterocycles. The maximum atomic E-state index is 12.6. The second-order valence-electron chi connectivity index (χ2n) is 11.3. The van der Waals surface area contributed by atoms with Gasteiger partial charge in [-0.2, -0.15) is 0 Å². The molecule has 0 bridgehead atoms. The minimum Gasteiger partial charge on any atom is -0.392 e. The van der Waals surface area contributed by atoms with Gasteiger partial charge in [-0.1, -0.05) is 92.9 Å². The molecule has 2 saturated heterocycles. The second-order valence-corrected chi connectivity index (χ2v) is 11.3. The largest absolute Gasteiger partial charge is 0.392 e. The minimum absolute atomic E-state index is 0.0125. The van der Waals surface area contributed by atoms with Crippen molar-refractivity contribution in [2.75, 3.05) is 25.0 Å². The average Bonchev–Trinajstić information content (AvgIpc) is 2.99. The van der Waals surface area contributed by atoms with Crippen LogP contribution in [0.2, 0.25) is 0 Å². The van der Waals surface area contributed by atoms with Crippen molar-refractivity contribution < 1.29 is 19.4 Å². The number of nitrogens with zero attached hydrogens (tertiary/aromatic N) is 1. The highest BCUT2D eigenvalue weighted by molar-refractivity contribution is 5.89. The molecule has 5 rings (SSSR count). The molecular formula is C34H43N3O4. The van der Waals surface area contributed by atoms with Crippen LogP contribution in [0.25, 0.3) is 0 Å². The first kappa shape index (κ1) is 29.3. The molecule has 4 atom stereocenters. The fraction of sp³-hybridized carbons (Fsp3) is 0.441. The number of hydrogen-bond acceptors (Lipinski definition) is 5. The van der Waals surface area contributed by atoms with Crippen molar-refractivity contribution in [3.8, 4) is 0 Å². The van der Waals surface area contributed by atoms with E-state index >= 15 is 0 Å². The average molecular weight is 558 g/mol. The first-order valence-corrected chi connectivity index (χ1v) is 15.0. The van der Waals surface area contributed by atoms with Crippen molar-refractivity contribution in [2.24, 2.45) is 5.92 Å². The van der Waals surface area contributed by atoms with E-state index in [-0.39, 0.29) is 30.8 Å². The molecule has 41 heavy (non-hydrogen) atoms. The Labute approximate surface area is 243 Å². The van der Waals surface area contributed by atoms with Crippen LogP contribution in [0.4, 0.5) is 10.5 Å². The Morgan fingerprint density at radius 1 is 0.854 bits per heavy atom. The number of rotatable bonds is 8. The van der Waals surface area contributed by atoms with E-state index in [0.717, 1.165) is 41.9 Å². The Bertz CT molecular complexity index is 1230. The van der Waals surface area contributed by atoms with Gasteiger partial charge in [0.15, 0.2) is 6.29 Å². The molecule has 0 spiro atoms. The lowest BCUT2D eigenvalue weighted by Crippen LogP contribution is -2.45. The van der Waals surface area contributed by atoms with Crippen molar-refractivity contribution in [3.63, 3.8) is 0 Å². The molecule has 0 radical (unpaired) electrons. The lowest BCUT2D eigenvalue weighted by Gasteiger charge is -2.43. The molecule has 4 unspecified atom stereocenters. The molecule has 7 heteroatoms. The predicted octanol–water partition coefficient (Wildman–Crippen LogP) is 6.56. The summed E-state index contributed by atoms with van der Waals surface area (Å²) in [6.45, 7) is 5.76. The lowest BCUT2D eigenvalue weighted by atomic mass is 9.89. The maximum Gasteiger partial charge on any atom is 0.319 e. The van der Waals surface area contributed by atoms with Gasteiger partial charge in [0.2, 0.25) is 0 Å². The number of aliphatic hydroxyl groups is 1. The fourth-order valence-electron chi connectivity index (χ4n) is 5.79. The van der Waals surface area contributed by atoms with Gasteiger partial charge < -0.3 is 30.1 Å². The van der Waals surface area contributed by atoms with Crippen molar-refractivity contribution in [1.82, 2.24) is 10.2 Å². The molecule has 3 aromatic carbocycles. The first-order valence-electron chi connectivity index (χ1n) is 15.0. The highest BCUT2D eigenvalue weighted by Gasteiger charge is 2.39. The first-order chi connectivity index (χ1) is 20.1. The third-order valence-electron chi connectivity index (χ3n) is 8.22. The van der Waals surface area contributed by atoms with Gasteiger partial charge in [-0.05, 0) is 54.8 Å². The van der Waals surface area contributed by atoms with E-state index in [1.807, 2.05) is 66.7 Å². The number of likely N-dealkylation sites (tertiary alicyclic amines) is 1. The van der Waals surface area contributed by atoms with E-state index in [2.05, 4.69) is 34.6 Å². The van der Waals surface area contributed by atoms with Gasteiger partial charge in [-0.25, -0.2) is 4.79 Å². The Morgan fingerprint density at radius 2 is 1.59 bits per heavy atom. The minimum atomic E-state index is -0.567. The van der Waals surface area contributed by atoms with Crippen LogP contribution in [0.5, 0.6) is 0 Å². The smallest absolute Gasteiger partial charge is 0.319 e. The third-order valence-corrected chi connectivity index (χ3v) is 8.22.